The van der Waals surface area contributed by atoms with Gasteiger partial charge in [0, 0.05) is 25.0 Å². The predicted molar refractivity (Wildman–Crippen MR) is 78.6 cm³/mol. The van der Waals surface area contributed by atoms with Gasteiger partial charge < -0.3 is 12.4 Å². The number of aromatic nitrogens is 1. The normalized spacial score (nSPS) is 10.2. The van der Waals surface area contributed by atoms with Crippen molar-refractivity contribution in [2.24, 2.45) is 0 Å². The summed E-state index contributed by atoms with van der Waals surface area (Å²) >= 11 is 0. The second-order valence-electron chi connectivity index (χ2n) is 5.26. The molecule has 0 radical (unpaired) electrons. The highest BCUT2D eigenvalue weighted by atomic mass is 35.5. The summed E-state index contributed by atoms with van der Waals surface area (Å²) in [5.41, 5.74) is 1.49. The average Bonchev–Trinajstić information content (AvgIpc) is 2.40. The van der Waals surface area contributed by atoms with Crippen LogP contribution < -0.4 is 17.0 Å². The Morgan fingerprint density at radius 1 is 0.842 bits per heavy atom. The molecule has 0 unspecified atom stereocenters. The monoisotopic (exact) mass is 283 g/mol. The van der Waals surface area contributed by atoms with Crippen LogP contribution in [0.15, 0.2) is 24.4 Å². The molecule has 0 N–H and O–H groups in total. The van der Waals surface area contributed by atoms with Crippen molar-refractivity contribution in [2.75, 3.05) is 0 Å². The zero-order valence-electron chi connectivity index (χ0n) is 12.7. The van der Waals surface area contributed by atoms with Crippen LogP contribution in [0.1, 0.15) is 70.9 Å². The van der Waals surface area contributed by atoms with E-state index in [-0.39, 0.29) is 12.4 Å². The van der Waals surface area contributed by atoms with Crippen LogP contribution in [0, 0.1) is 0 Å². The number of nitrogens with zero attached hydrogens (tertiary/aromatic N) is 1. The van der Waals surface area contributed by atoms with Crippen molar-refractivity contribution in [1.29, 1.82) is 0 Å². The van der Waals surface area contributed by atoms with Crippen molar-refractivity contribution in [2.45, 2.75) is 78.2 Å². The number of halogens is 1. The van der Waals surface area contributed by atoms with Crippen LogP contribution in [0.3, 0.4) is 0 Å². The third-order valence-electron chi connectivity index (χ3n) is 3.54. The second kappa shape index (κ2) is 12.5. The molecule has 1 aromatic rings. The van der Waals surface area contributed by atoms with E-state index < -0.39 is 0 Å². The van der Waals surface area contributed by atoms with Gasteiger partial charge in [0.15, 0.2) is 11.9 Å². The highest BCUT2D eigenvalue weighted by Gasteiger charge is 2.07. The first-order valence-corrected chi connectivity index (χ1v) is 7.85. The smallest absolute Gasteiger partial charge is 0.181 e. The van der Waals surface area contributed by atoms with Crippen molar-refractivity contribution in [3.63, 3.8) is 0 Å². The fraction of sp³-hybridized carbons (Fsp3) is 0.706. The molecular weight excluding hydrogens is 254 g/mol. The van der Waals surface area contributed by atoms with E-state index in [1.807, 2.05) is 0 Å². The Morgan fingerprint density at radius 2 is 1.53 bits per heavy atom. The highest BCUT2D eigenvalue weighted by Crippen LogP contribution is 2.07. The summed E-state index contributed by atoms with van der Waals surface area (Å²) in [6.07, 6.45) is 14.4. The van der Waals surface area contributed by atoms with Crippen LogP contribution in [-0.4, -0.2) is 0 Å². The molecule has 1 nitrogen and oxygen atoms in total. The first kappa shape index (κ1) is 18.4. The van der Waals surface area contributed by atoms with Gasteiger partial charge in [-0.2, -0.15) is 0 Å². The number of pyridine rings is 1. The lowest BCUT2D eigenvalue weighted by atomic mass is 10.1. The quantitative estimate of drug-likeness (QED) is 0.454. The minimum absolute atomic E-state index is 0. The molecule has 110 valence electrons. The molecule has 1 aromatic heterocycles. The SMILES string of the molecule is CCCCCCCCC[n+]1ccccc1CCC.[Cl-]. The van der Waals surface area contributed by atoms with Crippen LogP contribution in [-0.2, 0) is 13.0 Å². The zero-order valence-corrected chi connectivity index (χ0v) is 13.5. The first-order chi connectivity index (χ1) is 8.88. The van der Waals surface area contributed by atoms with Crippen LogP contribution in [0.5, 0.6) is 0 Å². The average molecular weight is 284 g/mol. The van der Waals surface area contributed by atoms with Crippen molar-refractivity contribution in [3.8, 4) is 0 Å². The summed E-state index contributed by atoms with van der Waals surface area (Å²) < 4.78 is 2.44. The van der Waals surface area contributed by atoms with Gasteiger partial charge in [-0.25, -0.2) is 4.57 Å². The summed E-state index contributed by atoms with van der Waals surface area (Å²) in [6.45, 7) is 5.73. The lowest BCUT2D eigenvalue weighted by molar-refractivity contribution is -0.704. The van der Waals surface area contributed by atoms with Crippen LogP contribution in [0.4, 0.5) is 0 Å². The summed E-state index contributed by atoms with van der Waals surface area (Å²) in [7, 11) is 0. The molecule has 0 atom stereocenters. The van der Waals surface area contributed by atoms with Gasteiger partial charge >= 0.3 is 0 Å². The molecule has 0 fully saturated rings. The fourth-order valence-electron chi connectivity index (χ4n) is 2.45. The van der Waals surface area contributed by atoms with E-state index in [0.29, 0.717) is 0 Å². The molecule has 0 aliphatic rings. The maximum atomic E-state index is 2.44. The van der Waals surface area contributed by atoms with Crippen LogP contribution in [0.25, 0.3) is 0 Å². The van der Waals surface area contributed by atoms with E-state index in [2.05, 4.69) is 42.8 Å². The first-order valence-electron chi connectivity index (χ1n) is 7.85. The molecule has 0 bridgehead atoms. The number of aryl methyl sites for hydroxylation is 2. The summed E-state index contributed by atoms with van der Waals surface area (Å²) in [5, 5.41) is 0. The van der Waals surface area contributed by atoms with E-state index in [4.69, 9.17) is 0 Å². The molecule has 0 aliphatic heterocycles. The second-order valence-corrected chi connectivity index (χ2v) is 5.26. The maximum absolute atomic E-state index is 2.44. The Kier molecular flexibility index (Phi) is 12.1. The fourth-order valence-corrected chi connectivity index (χ4v) is 2.45. The van der Waals surface area contributed by atoms with E-state index in [9.17, 15) is 0 Å². The van der Waals surface area contributed by atoms with Gasteiger partial charge in [0.25, 0.3) is 0 Å². The standard InChI is InChI=1S/C17H30N.ClH/c1-3-5-6-7-8-9-11-15-18-16-12-10-14-17(18)13-4-2;/h10,12,14,16H,3-9,11,13,15H2,1-2H3;1H/q+1;/p-1. The Balaban J connectivity index is 0.00000324. The zero-order chi connectivity index (χ0) is 13.1. The molecule has 1 heterocycles. The number of unbranched alkanes of at least 4 members (excludes halogenated alkanes) is 6. The molecule has 0 amide bonds. The lowest BCUT2D eigenvalue weighted by Crippen LogP contribution is -3.00. The van der Waals surface area contributed by atoms with Gasteiger partial charge in [-0.1, -0.05) is 52.0 Å². The predicted octanol–water partition coefficient (Wildman–Crippen LogP) is 1.68. The molecule has 0 saturated heterocycles. The van der Waals surface area contributed by atoms with Gasteiger partial charge in [-0.3, -0.25) is 0 Å². The highest BCUT2D eigenvalue weighted by molar-refractivity contribution is 4.97. The van der Waals surface area contributed by atoms with Crippen molar-refractivity contribution in [3.05, 3.63) is 30.1 Å². The molecule has 1 rings (SSSR count). The minimum atomic E-state index is 0. The molecule has 0 aliphatic carbocycles. The summed E-state index contributed by atoms with van der Waals surface area (Å²) in [4.78, 5) is 0. The van der Waals surface area contributed by atoms with E-state index in [0.717, 1.165) is 0 Å². The topological polar surface area (TPSA) is 3.88 Å². The molecular formula is C17H30ClN. The largest absolute Gasteiger partial charge is 1.00 e. The van der Waals surface area contributed by atoms with Gasteiger partial charge in [0.05, 0.1) is 0 Å². The number of hydrogen-bond donors (Lipinski definition) is 0. The number of rotatable bonds is 10. The molecule has 2 heteroatoms. The van der Waals surface area contributed by atoms with Gasteiger partial charge in [0.1, 0.15) is 6.54 Å². The van der Waals surface area contributed by atoms with E-state index >= 15 is 0 Å². The van der Waals surface area contributed by atoms with Crippen molar-refractivity contribution >= 4 is 0 Å². The van der Waals surface area contributed by atoms with Gasteiger partial charge in [-0.05, 0) is 12.8 Å². The van der Waals surface area contributed by atoms with Crippen molar-refractivity contribution in [1.82, 2.24) is 0 Å². The number of hydrogen-bond acceptors (Lipinski definition) is 0. The Labute approximate surface area is 125 Å². The van der Waals surface area contributed by atoms with Gasteiger partial charge in [-0.15, -0.1) is 0 Å². The molecule has 0 spiro atoms. The van der Waals surface area contributed by atoms with Crippen LogP contribution in [0.2, 0.25) is 0 Å². The maximum Gasteiger partial charge on any atom is 0.181 e. The molecule has 0 aromatic carbocycles. The third kappa shape index (κ3) is 8.26. The Hall–Kier alpha value is -0.560. The van der Waals surface area contributed by atoms with Crippen molar-refractivity contribution < 1.29 is 17.0 Å². The lowest BCUT2D eigenvalue weighted by Gasteiger charge is -2.03. The molecule has 0 saturated carbocycles. The summed E-state index contributed by atoms with van der Waals surface area (Å²) in [6, 6.07) is 6.58. The van der Waals surface area contributed by atoms with Gasteiger partial charge in [0.2, 0.25) is 0 Å². The Morgan fingerprint density at radius 3 is 2.21 bits per heavy atom. The third-order valence-corrected chi connectivity index (χ3v) is 3.54. The molecule has 19 heavy (non-hydrogen) atoms. The van der Waals surface area contributed by atoms with E-state index in [1.54, 1.807) is 0 Å². The van der Waals surface area contributed by atoms with E-state index in [1.165, 1.54) is 70.0 Å². The van der Waals surface area contributed by atoms with Crippen LogP contribution >= 0.6 is 0 Å². The minimum Gasteiger partial charge on any atom is -1.00 e. The summed E-state index contributed by atoms with van der Waals surface area (Å²) in [5.74, 6) is 0. The Bertz CT molecular complexity index is 312.